The molecule has 27 heavy (non-hydrogen) atoms. The van der Waals surface area contributed by atoms with E-state index in [1.165, 1.54) is 15.9 Å². The van der Waals surface area contributed by atoms with E-state index >= 15 is 0 Å². The summed E-state index contributed by atoms with van der Waals surface area (Å²) in [6.45, 7) is 3.95. The van der Waals surface area contributed by atoms with Crippen LogP contribution in [-0.2, 0) is 11.2 Å². The van der Waals surface area contributed by atoms with Gasteiger partial charge in [0.1, 0.15) is 11.2 Å². The maximum absolute atomic E-state index is 12.5. The largest absolute Gasteiger partial charge is 0.325 e. The summed E-state index contributed by atoms with van der Waals surface area (Å²) in [6.07, 6.45) is -0.00778. The second-order valence-corrected chi connectivity index (χ2v) is 7.26. The van der Waals surface area contributed by atoms with Crippen LogP contribution in [0.4, 0.5) is 5.69 Å². The fourth-order valence-corrected chi connectivity index (χ4v) is 3.59. The second kappa shape index (κ2) is 6.81. The average molecular weight is 379 g/mol. The number of aromatic amines is 1. The van der Waals surface area contributed by atoms with Gasteiger partial charge in [0.15, 0.2) is 5.82 Å². The van der Waals surface area contributed by atoms with E-state index in [-0.39, 0.29) is 17.9 Å². The molecule has 0 aliphatic heterocycles. The second-order valence-electron chi connectivity index (χ2n) is 6.32. The summed E-state index contributed by atoms with van der Waals surface area (Å²) in [5.74, 6) is 0.144. The van der Waals surface area contributed by atoms with Crippen molar-refractivity contribution >= 4 is 28.4 Å². The Morgan fingerprint density at radius 3 is 2.85 bits per heavy atom. The molecule has 0 spiro atoms. The first kappa shape index (κ1) is 17.2. The van der Waals surface area contributed by atoms with Crippen molar-refractivity contribution in [3.8, 4) is 10.6 Å². The first-order valence-corrected chi connectivity index (χ1v) is 9.27. The predicted octanol–water partition coefficient (Wildman–Crippen LogP) is 2.94. The fraction of sp³-hybridized carbons (Fsp3) is 0.158. The molecule has 7 nitrogen and oxygen atoms in total. The molecule has 0 bridgehead atoms. The van der Waals surface area contributed by atoms with Crippen LogP contribution in [0.3, 0.4) is 0 Å². The summed E-state index contributed by atoms with van der Waals surface area (Å²) in [5, 5.41) is 15.8. The van der Waals surface area contributed by atoms with E-state index < -0.39 is 0 Å². The normalized spacial score (nSPS) is 11.0. The molecule has 8 heteroatoms. The summed E-state index contributed by atoms with van der Waals surface area (Å²) in [7, 11) is 0. The Labute approximate surface area is 158 Å². The third kappa shape index (κ3) is 3.39. The number of fused-ring (bicyclic) bond motifs is 1. The monoisotopic (exact) mass is 379 g/mol. The SMILES string of the molecule is Cc1ccc(NC(=O)Cc2n[nH]c(=O)c3cc(-c4cccs4)nn23)c(C)c1. The van der Waals surface area contributed by atoms with Crippen LogP contribution in [0.15, 0.2) is 46.6 Å². The van der Waals surface area contributed by atoms with E-state index in [0.29, 0.717) is 17.0 Å². The van der Waals surface area contributed by atoms with Gasteiger partial charge in [-0.05, 0) is 43.0 Å². The molecular weight excluding hydrogens is 362 g/mol. The molecule has 3 aromatic heterocycles. The fourth-order valence-electron chi connectivity index (χ4n) is 2.91. The summed E-state index contributed by atoms with van der Waals surface area (Å²) in [5.41, 5.74) is 3.58. The van der Waals surface area contributed by atoms with Crippen LogP contribution in [0, 0.1) is 13.8 Å². The topological polar surface area (TPSA) is 92.1 Å². The number of benzene rings is 1. The minimum Gasteiger partial charge on any atom is -0.325 e. The number of carbonyl (C=O) groups excluding carboxylic acids is 1. The van der Waals surface area contributed by atoms with Crippen LogP contribution in [-0.4, -0.2) is 25.7 Å². The van der Waals surface area contributed by atoms with E-state index in [2.05, 4.69) is 20.6 Å². The summed E-state index contributed by atoms with van der Waals surface area (Å²) in [4.78, 5) is 25.5. The number of aromatic nitrogens is 4. The first-order valence-electron chi connectivity index (χ1n) is 8.39. The molecule has 0 aliphatic rings. The molecule has 0 unspecified atom stereocenters. The number of hydrogen-bond donors (Lipinski definition) is 2. The van der Waals surface area contributed by atoms with Crippen molar-refractivity contribution in [1.82, 2.24) is 19.8 Å². The smallest absolute Gasteiger partial charge is 0.290 e. The Bertz CT molecular complexity index is 1190. The van der Waals surface area contributed by atoms with Crippen molar-refractivity contribution in [3.63, 3.8) is 0 Å². The van der Waals surface area contributed by atoms with Crippen molar-refractivity contribution in [2.45, 2.75) is 20.3 Å². The predicted molar refractivity (Wildman–Crippen MR) is 105 cm³/mol. The number of carbonyl (C=O) groups is 1. The maximum Gasteiger partial charge on any atom is 0.290 e. The molecule has 0 aliphatic carbocycles. The Morgan fingerprint density at radius 2 is 2.11 bits per heavy atom. The van der Waals surface area contributed by atoms with Gasteiger partial charge in [-0.15, -0.1) is 11.3 Å². The molecule has 0 radical (unpaired) electrons. The van der Waals surface area contributed by atoms with Gasteiger partial charge in [-0.1, -0.05) is 23.8 Å². The van der Waals surface area contributed by atoms with Crippen LogP contribution in [0.25, 0.3) is 16.1 Å². The molecule has 4 aromatic rings. The van der Waals surface area contributed by atoms with Gasteiger partial charge in [-0.25, -0.2) is 9.61 Å². The Morgan fingerprint density at radius 1 is 1.26 bits per heavy atom. The first-order chi connectivity index (χ1) is 13.0. The number of rotatable bonds is 4. The minimum absolute atomic E-state index is 0.00778. The van der Waals surface area contributed by atoms with Crippen LogP contribution in [0.2, 0.25) is 0 Å². The number of thiophene rings is 1. The Kier molecular flexibility index (Phi) is 4.33. The number of nitrogens with one attached hydrogen (secondary N) is 2. The molecular formula is C19H17N5O2S. The molecule has 1 aromatic carbocycles. The highest BCUT2D eigenvalue weighted by Gasteiger charge is 2.15. The Hall–Kier alpha value is -3.26. The van der Waals surface area contributed by atoms with Gasteiger partial charge in [-0.3, -0.25) is 9.59 Å². The Balaban J connectivity index is 1.64. The van der Waals surface area contributed by atoms with E-state index in [1.54, 1.807) is 6.07 Å². The van der Waals surface area contributed by atoms with Crippen LogP contribution >= 0.6 is 11.3 Å². The molecule has 0 fully saturated rings. The molecule has 2 N–H and O–H groups in total. The molecule has 0 saturated heterocycles. The van der Waals surface area contributed by atoms with Crippen LogP contribution in [0.5, 0.6) is 0 Å². The molecule has 3 heterocycles. The standard InChI is InChI=1S/C19H17N5O2S/c1-11-5-6-13(12(2)8-11)20-18(25)10-17-21-22-19(26)15-9-14(23-24(15)17)16-4-3-7-27-16/h3-9H,10H2,1-2H3,(H,20,25)(H,22,26). The van der Waals surface area contributed by atoms with Gasteiger partial charge in [0, 0.05) is 5.69 Å². The zero-order valence-electron chi connectivity index (χ0n) is 14.8. The average Bonchev–Trinajstić information content (AvgIpc) is 3.29. The molecule has 0 saturated carbocycles. The summed E-state index contributed by atoms with van der Waals surface area (Å²) in [6, 6.07) is 11.4. The molecule has 4 rings (SSSR count). The lowest BCUT2D eigenvalue weighted by molar-refractivity contribution is -0.115. The highest BCUT2D eigenvalue weighted by atomic mass is 32.1. The van der Waals surface area contributed by atoms with Gasteiger partial charge in [0.05, 0.1) is 11.3 Å². The number of amides is 1. The van der Waals surface area contributed by atoms with Gasteiger partial charge in [-0.2, -0.15) is 10.2 Å². The van der Waals surface area contributed by atoms with Crippen molar-refractivity contribution in [2.24, 2.45) is 0 Å². The molecule has 1 amide bonds. The van der Waals surface area contributed by atoms with Crippen molar-refractivity contribution < 1.29 is 4.79 Å². The lowest BCUT2D eigenvalue weighted by Crippen LogP contribution is -2.22. The van der Waals surface area contributed by atoms with Gasteiger partial charge in [0.25, 0.3) is 5.56 Å². The summed E-state index contributed by atoms with van der Waals surface area (Å²) >= 11 is 1.53. The van der Waals surface area contributed by atoms with Crippen molar-refractivity contribution in [3.05, 3.63) is 69.1 Å². The number of nitrogens with zero attached hydrogens (tertiary/aromatic N) is 3. The minimum atomic E-state index is -0.344. The third-order valence-corrected chi connectivity index (χ3v) is 5.11. The number of hydrogen-bond acceptors (Lipinski definition) is 5. The van der Waals surface area contributed by atoms with Crippen LogP contribution in [0.1, 0.15) is 17.0 Å². The van der Waals surface area contributed by atoms with E-state index in [9.17, 15) is 9.59 Å². The van der Waals surface area contributed by atoms with Gasteiger partial charge in [0.2, 0.25) is 5.91 Å². The summed E-state index contributed by atoms with van der Waals surface area (Å²) < 4.78 is 1.44. The zero-order chi connectivity index (χ0) is 19.0. The highest BCUT2D eigenvalue weighted by molar-refractivity contribution is 7.13. The number of aryl methyl sites for hydroxylation is 2. The molecule has 136 valence electrons. The van der Waals surface area contributed by atoms with E-state index in [4.69, 9.17) is 0 Å². The van der Waals surface area contributed by atoms with Crippen molar-refractivity contribution in [1.29, 1.82) is 0 Å². The number of anilines is 1. The van der Waals surface area contributed by atoms with Gasteiger partial charge >= 0.3 is 0 Å². The van der Waals surface area contributed by atoms with Crippen molar-refractivity contribution in [2.75, 3.05) is 5.32 Å². The maximum atomic E-state index is 12.5. The lowest BCUT2D eigenvalue weighted by Gasteiger charge is -2.09. The number of H-pyrrole nitrogens is 1. The third-order valence-electron chi connectivity index (χ3n) is 4.22. The quantitative estimate of drug-likeness (QED) is 0.570. The lowest BCUT2D eigenvalue weighted by atomic mass is 10.1. The highest BCUT2D eigenvalue weighted by Crippen LogP contribution is 2.24. The van der Waals surface area contributed by atoms with E-state index in [1.807, 2.05) is 49.6 Å². The van der Waals surface area contributed by atoms with Crippen LogP contribution < -0.4 is 10.9 Å². The zero-order valence-corrected chi connectivity index (χ0v) is 15.6. The van der Waals surface area contributed by atoms with Gasteiger partial charge < -0.3 is 5.32 Å². The van der Waals surface area contributed by atoms with E-state index in [0.717, 1.165) is 21.7 Å². The molecule has 0 atom stereocenters.